The minimum Gasteiger partial charge on any atom is -0.352 e. The number of hydrogen-bond acceptors (Lipinski definition) is 5. The van der Waals surface area contributed by atoms with E-state index in [0.717, 1.165) is 46.9 Å². The highest BCUT2D eigenvalue weighted by Crippen LogP contribution is 2.30. The van der Waals surface area contributed by atoms with Gasteiger partial charge in [-0.15, -0.1) is 11.6 Å². The van der Waals surface area contributed by atoms with Gasteiger partial charge in [-0.25, -0.2) is 19.0 Å². The lowest BCUT2D eigenvalue weighted by Crippen LogP contribution is -2.49. The molecule has 1 aliphatic rings. The number of benzene rings is 1. The summed E-state index contributed by atoms with van der Waals surface area (Å²) in [6.45, 7) is 6.68. The molecule has 3 heterocycles. The van der Waals surface area contributed by atoms with Gasteiger partial charge in [-0.05, 0) is 37.6 Å². The minimum atomic E-state index is -0.291. The van der Waals surface area contributed by atoms with Crippen LogP contribution >= 0.6 is 11.6 Å². The Bertz CT molecular complexity index is 1080. The molecule has 7 nitrogen and oxygen atoms in total. The summed E-state index contributed by atoms with van der Waals surface area (Å²) in [6.07, 6.45) is 2.05. The van der Waals surface area contributed by atoms with Crippen molar-refractivity contribution in [3.8, 4) is 5.69 Å². The van der Waals surface area contributed by atoms with Crippen molar-refractivity contribution < 1.29 is 9.18 Å². The van der Waals surface area contributed by atoms with Gasteiger partial charge < -0.3 is 9.80 Å². The first-order valence-electron chi connectivity index (χ1n) is 10.6. The smallest absolute Gasteiger partial charge is 0.223 e. The maximum absolute atomic E-state index is 13.4. The Labute approximate surface area is 185 Å². The Morgan fingerprint density at radius 1 is 1.13 bits per heavy atom. The summed E-state index contributed by atoms with van der Waals surface area (Å²) >= 11 is 5.73. The quantitative estimate of drug-likeness (QED) is 0.544. The van der Waals surface area contributed by atoms with Crippen LogP contribution in [0.2, 0.25) is 0 Å². The normalized spacial score (nSPS) is 14.5. The van der Waals surface area contributed by atoms with Gasteiger partial charge in [-0.2, -0.15) is 5.10 Å². The number of amides is 1. The van der Waals surface area contributed by atoms with Crippen LogP contribution < -0.4 is 4.90 Å². The molecule has 1 saturated heterocycles. The second-order valence-electron chi connectivity index (χ2n) is 7.69. The van der Waals surface area contributed by atoms with Crippen LogP contribution in [0.3, 0.4) is 0 Å². The molecule has 1 amide bonds. The molecule has 0 bridgehead atoms. The van der Waals surface area contributed by atoms with E-state index in [-0.39, 0.29) is 11.7 Å². The Balaban J connectivity index is 1.73. The Morgan fingerprint density at radius 3 is 2.48 bits per heavy atom. The van der Waals surface area contributed by atoms with Gasteiger partial charge in [0.25, 0.3) is 0 Å². The van der Waals surface area contributed by atoms with Gasteiger partial charge in [-0.3, -0.25) is 4.79 Å². The lowest BCUT2D eigenvalue weighted by molar-refractivity contribution is -0.131. The van der Waals surface area contributed by atoms with E-state index in [9.17, 15) is 9.18 Å². The molecular formula is C22H26ClFN6O. The molecule has 3 aromatic rings. The van der Waals surface area contributed by atoms with Crippen molar-refractivity contribution >= 4 is 34.4 Å². The fraction of sp³-hybridized carbons (Fsp3) is 0.455. The van der Waals surface area contributed by atoms with Gasteiger partial charge in [0.1, 0.15) is 17.5 Å². The molecule has 4 rings (SSSR count). The molecule has 0 atom stereocenters. The lowest BCUT2D eigenvalue weighted by Gasteiger charge is -2.35. The van der Waals surface area contributed by atoms with Crippen LogP contribution in [0.5, 0.6) is 0 Å². The predicted octanol–water partition coefficient (Wildman–Crippen LogP) is 3.49. The molecular weight excluding hydrogens is 419 g/mol. The van der Waals surface area contributed by atoms with E-state index in [0.29, 0.717) is 38.5 Å². The molecule has 2 aromatic heterocycles. The molecule has 0 unspecified atom stereocenters. The van der Waals surface area contributed by atoms with Crippen molar-refractivity contribution in [1.29, 1.82) is 0 Å². The first-order valence-corrected chi connectivity index (χ1v) is 11.2. The highest BCUT2D eigenvalue weighted by Gasteiger charge is 2.26. The predicted molar refractivity (Wildman–Crippen MR) is 119 cm³/mol. The van der Waals surface area contributed by atoms with Crippen LogP contribution in [0, 0.1) is 12.7 Å². The number of hydrogen-bond donors (Lipinski definition) is 0. The Morgan fingerprint density at radius 2 is 1.84 bits per heavy atom. The third-order valence-corrected chi connectivity index (χ3v) is 5.70. The lowest BCUT2D eigenvalue weighted by atomic mass is 10.2. The van der Waals surface area contributed by atoms with Gasteiger partial charge in [0.2, 0.25) is 5.91 Å². The topological polar surface area (TPSA) is 67.2 Å². The van der Waals surface area contributed by atoms with E-state index in [1.165, 1.54) is 12.1 Å². The number of aromatic nitrogens is 4. The second kappa shape index (κ2) is 9.18. The second-order valence-corrected chi connectivity index (χ2v) is 8.07. The molecule has 0 N–H and O–H groups in total. The van der Waals surface area contributed by atoms with Crippen molar-refractivity contribution in [3.63, 3.8) is 0 Å². The Kier molecular flexibility index (Phi) is 6.36. The molecule has 0 radical (unpaired) electrons. The zero-order valence-corrected chi connectivity index (χ0v) is 18.6. The molecule has 1 aromatic carbocycles. The number of anilines is 1. The standard InChI is InChI=1S/C22H26ClFN6O/c1-3-4-18-25-21(29-13-11-28(12-14-29)19(31)9-10-23)20-15(2)27-30(22(20)26-18)17-7-5-16(24)6-8-17/h5-8H,3-4,9-14H2,1-2H3. The number of carbonyl (C=O) groups is 1. The summed E-state index contributed by atoms with van der Waals surface area (Å²) in [7, 11) is 0. The largest absolute Gasteiger partial charge is 0.352 e. The number of aryl methyl sites for hydroxylation is 2. The molecule has 164 valence electrons. The Hall–Kier alpha value is -2.74. The summed E-state index contributed by atoms with van der Waals surface area (Å²) < 4.78 is 15.2. The van der Waals surface area contributed by atoms with Gasteiger partial charge in [0.15, 0.2) is 5.65 Å². The van der Waals surface area contributed by atoms with Crippen LogP contribution in [0.15, 0.2) is 24.3 Å². The van der Waals surface area contributed by atoms with Crippen LogP contribution in [0.4, 0.5) is 10.2 Å². The zero-order valence-electron chi connectivity index (χ0n) is 17.8. The first kappa shape index (κ1) is 21.5. The van der Waals surface area contributed by atoms with Gasteiger partial charge in [-0.1, -0.05) is 6.92 Å². The van der Waals surface area contributed by atoms with E-state index in [1.807, 2.05) is 11.8 Å². The fourth-order valence-electron chi connectivity index (χ4n) is 3.94. The molecule has 31 heavy (non-hydrogen) atoms. The van der Waals surface area contributed by atoms with Crippen molar-refractivity contribution in [1.82, 2.24) is 24.6 Å². The summed E-state index contributed by atoms with van der Waals surface area (Å²) in [5.41, 5.74) is 2.29. The molecule has 1 fully saturated rings. The van der Waals surface area contributed by atoms with Crippen molar-refractivity contribution in [3.05, 3.63) is 41.6 Å². The van der Waals surface area contributed by atoms with Crippen LogP contribution in [0.1, 0.15) is 31.3 Å². The molecule has 9 heteroatoms. The van der Waals surface area contributed by atoms with E-state index >= 15 is 0 Å². The van der Waals surface area contributed by atoms with E-state index in [1.54, 1.807) is 16.8 Å². The molecule has 1 aliphatic heterocycles. The highest BCUT2D eigenvalue weighted by molar-refractivity contribution is 6.18. The van der Waals surface area contributed by atoms with Crippen LogP contribution in [-0.2, 0) is 11.2 Å². The average Bonchev–Trinajstić information content (AvgIpc) is 3.11. The number of piperazine rings is 1. The van der Waals surface area contributed by atoms with Crippen molar-refractivity contribution in [2.75, 3.05) is 37.0 Å². The SMILES string of the molecule is CCCc1nc(N2CCN(C(=O)CCCl)CC2)c2c(C)nn(-c3ccc(F)cc3)c2n1. The maximum Gasteiger partial charge on any atom is 0.223 e. The summed E-state index contributed by atoms with van der Waals surface area (Å²) in [5, 5.41) is 5.59. The first-order chi connectivity index (χ1) is 15.0. The summed E-state index contributed by atoms with van der Waals surface area (Å²) in [5.74, 6) is 1.75. The van der Waals surface area contributed by atoms with Crippen LogP contribution in [0.25, 0.3) is 16.7 Å². The fourth-order valence-corrected chi connectivity index (χ4v) is 4.10. The minimum absolute atomic E-state index is 0.0921. The highest BCUT2D eigenvalue weighted by atomic mass is 35.5. The van der Waals surface area contributed by atoms with Gasteiger partial charge in [0, 0.05) is 44.9 Å². The average molecular weight is 445 g/mol. The van der Waals surface area contributed by atoms with Gasteiger partial charge in [0.05, 0.1) is 16.8 Å². The van der Waals surface area contributed by atoms with E-state index in [2.05, 4.69) is 11.8 Å². The molecule has 0 aliphatic carbocycles. The number of carbonyl (C=O) groups excluding carboxylic acids is 1. The van der Waals surface area contributed by atoms with Crippen molar-refractivity contribution in [2.24, 2.45) is 0 Å². The number of rotatable bonds is 6. The van der Waals surface area contributed by atoms with Gasteiger partial charge >= 0.3 is 0 Å². The number of alkyl halides is 1. The number of fused-ring (bicyclic) bond motifs is 1. The summed E-state index contributed by atoms with van der Waals surface area (Å²) in [4.78, 5) is 25.9. The van der Waals surface area contributed by atoms with E-state index < -0.39 is 0 Å². The number of halogens is 2. The number of nitrogens with zero attached hydrogens (tertiary/aromatic N) is 6. The molecule has 0 spiro atoms. The zero-order chi connectivity index (χ0) is 22.0. The third kappa shape index (κ3) is 4.35. The third-order valence-electron chi connectivity index (χ3n) is 5.51. The monoisotopic (exact) mass is 444 g/mol. The maximum atomic E-state index is 13.4. The molecule has 0 saturated carbocycles. The summed E-state index contributed by atoms with van der Waals surface area (Å²) in [6, 6.07) is 6.24. The van der Waals surface area contributed by atoms with Crippen molar-refractivity contribution in [2.45, 2.75) is 33.1 Å². The van der Waals surface area contributed by atoms with E-state index in [4.69, 9.17) is 26.7 Å². The van der Waals surface area contributed by atoms with Crippen LogP contribution in [-0.4, -0.2) is 62.6 Å².